The summed E-state index contributed by atoms with van der Waals surface area (Å²) >= 11 is 0. The second-order valence-electron chi connectivity index (χ2n) is 6.55. The van der Waals surface area contributed by atoms with Crippen molar-refractivity contribution in [2.75, 3.05) is 0 Å². The normalized spacial score (nSPS) is 17.8. The van der Waals surface area contributed by atoms with E-state index in [2.05, 4.69) is 0 Å². The summed E-state index contributed by atoms with van der Waals surface area (Å²) in [4.78, 5) is 37.9. The number of non-ortho nitro benzene ring substituents is 1. The average Bonchev–Trinajstić information content (AvgIpc) is 3.49. The fraction of sp³-hybridized carbons (Fsp3) is 0.0909. The van der Waals surface area contributed by atoms with Gasteiger partial charge in [-0.1, -0.05) is 60.7 Å². The van der Waals surface area contributed by atoms with Crippen molar-refractivity contribution in [2.45, 2.75) is 12.1 Å². The number of rotatable bonds is 5. The lowest BCUT2D eigenvalue weighted by atomic mass is 10.0. The first kappa shape index (κ1) is 17.6. The molecule has 1 fully saturated rings. The van der Waals surface area contributed by atoms with E-state index in [4.69, 9.17) is 0 Å². The van der Waals surface area contributed by atoms with Gasteiger partial charge in [0.25, 0.3) is 11.6 Å². The lowest BCUT2D eigenvalue weighted by molar-refractivity contribution is -0.384. The van der Waals surface area contributed by atoms with Crippen LogP contribution in [0.25, 0.3) is 0 Å². The highest BCUT2D eigenvalue weighted by Gasteiger charge is 2.56. The molecule has 1 amide bonds. The van der Waals surface area contributed by atoms with Crippen LogP contribution < -0.4 is 0 Å². The van der Waals surface area contributed by atoms with Crippen molar-refractivity contribution in [3.05, 3.63) is 112 Å². The molecule has 1 aliphatic rings. The highest BCUT2D eigenvalue weighted by Crippen LogP contribution is 2.45. The first-order valence-electron chi connectivity index (χ1n) is 8.79. The molecule has 0 unspecified atom stereocenters. The van der Waals surface area contributed by atoms with E-state index >= 15 is 0 Å². The molecule has 1 saturated heterocycles. The molecule has 6 nitrogen and oxygen atoms in total. The molecule has 0 N–H and O–H groups in total. The molecule has 6 heteroatoms. The number of nitrogens with zero attached hydrogens (tertiary/aromatic N) is 2. The smallest absolute Gasteiger partial charge is 0.269 e. The lowest BCUT2D eigenvalue weighted by Crippen LogP contribution is -2.19. The largest absolute Gasteiger partial charge is 0.316 e. The standard InChI is InChI=1S/C22H16N2O4/c25-21(16-9-5-2-6-10-16)20-19(15-7-3-1-4-8-15)23(20)22(26)17-11-13-18(14-12-17)24(27)28/h1-14,19-20H/t19-,20-,23?/m1/s1. The third-order valence-corrected chi connectivity index (χ3v) is 4.84. The fourth-order valence-electron chi connectivity index (χ4n) is 3.39. The first-order chi connectivity index (χ1) is 13.6. The molecule has 3 aromatic carbocycles. The van der Waals surface area contributed by atoms with Crippen molar-refractivity contribution in [3.8, 4) is 0 Å². The van der Waals surface area contributed by atoms with Crippen molar-refractivity contribution >= 4 is 17.4 Å². The van der Waals surface area contributed by atoms with Crippen molar-refractivity contribution in [3.63, 3.8) is 0 Å². The van der Waals surface area contributed by atoms with Gasteiger partial charge in [0.05, 0.1) is 11.0 Å². The van der Waals surface area contributed by atoms with Crippen molar-refractivity contribution in [1.29, 1.82) is 0 Å². The Bertz CT molecular complexity index is 1030. The molecule has 3 aromatic rings. The summed E-state index contributed by atoms with van der Waals surface area (Å²) in [6, 6.07) is 22.8. The van der Waals surface area contributed by atoms with E-state index < -0.39 is 11.0 Å². The van der Waals surface area contributed by atoms with E-state index in [-0.39, 0.29) is 23.4 Å². The molecule has 1 aliphatic heterocycles. The second kappa shape index (κ2) is 7.08. The van der Waals surface area contributed by atoms with Gasteiger partial charge in [-0.2, -0.15) is 0 Å². The van der Waals surface area contributed by atoms with Gasteiger partial charge in [0.1, 0.15) is 6.04 Å². The first-order valence-corrected chi connectivity index (χ1v) is 8.79. The Kier molecular flexibility index (Phi) is 4.45. The number of carbonyl (C=O) groups is 2. The SMILES string of the molecule is O=C(c1ccccc1)[C@H]1[C@@H](c2ccccc2)N1C(=O)c1ccc([N+](=O)[O-])cc1. The zero-order chi connectivity index (χ0) is 19.7. The Balaban J connectivity index is 1.65. The quantitative estimate of drug-likeness (QED) is 0.293. The molecular weight excluding hydrogens is 356 g/mol. The van der Waals surface area contributed by atoms with Crippen LogP contribution in [0.3, 0.4) is 0 Å². The summed E-state index contributed by atoms with van der Waals surface area (Å²) in [7, 11) is 0. The Hall–Kier alpha value is -3.80. The van der Waals surface area contributed by atoms with Crippen molar-refractivity contribution < 1.29 is 14.5 Å². The predicted octanol–water partition coefficient (Wildman–Crippen LogP) is 4.04. The van der Waals surface area contributed by atoms with E-state index in [1.807, 2.05) is 36.4 Å². The van der Waals surface area contributed by atoms with Gasteiger partial charge < -0.3 is 4.90 Å². The molecule has 0 aliphatic carbocycles. The Morgan fingerprint density at radius 1 is 0.786 bits per heavy atom. The number of amides is 1. The van der Waals surface area contributed by atoms with Crippen LogP contribution in [0.2, 0.25) is 0 Å². The van der Waals surface area contributed by atoms with Crippen LogP contribution in [0.1, 0.15) is 32.3 Å². The van der Waals surface area contributed by atoms with Gasteiger partial charge in [0.15, 0.2) is 5.78 Å². The maximum Gasteiger partial charge on any atom is 0.269 e. The molecule has 0 aromatic heterocycles. The lowest BCUT2D eigenvalue weighted by Gasteiger charge is -2.05. The summed E-state index contributed by atoms with van der Waals surface area (Å²) in [5.74, 6) is -0.442. The number of nitro benzene ring substituents is 1. The minimum Gasteiger partial charge on any atom is -0.316 e. The third-order valence-electron chi connectivity index (χ3n) is 4.84. The molecule has 0 saturated carbocycles. The zero-order valence-corrected chi connectivity index (χ0v) is 14.8. The van der Waals surface area contributed by atoms with Crippen LogP contribution in [0.4, 0.5) is 5.69 Å². The number of carbonyl (C=O) groups excluding carboxylic acids is 2. The van der Waals surface area contributed by atoms with Crippen LogP contribution in [0.15, 0.2) is 84.9 Å². The highest BCUT2D eigenvalue weighted by atomic mass is 16.6. The van der Waals surface area contributed by atoms with Crippen LogP contribution in [-0.2, 0) is 0 Å². The number of Topliss-reactive ketones (excluding diaryl/α,β-unsaturated/α-hetero) is 1. The third kappa shape index (κ3) is 3.16. The van der Waals surface area contributed by atoms with Gasteiger partial charge in [-0.05, 0) is 17.7 Å². The second-order valence-corrected chi connectivity index (χ2v) is 6.55. The molecule has 0 radical (unpaired) electrons. The van der Waals surface area contributed by atoms with Crippen LogP contribution in [0.5, 0.6) is 0 Å². The molecule has 4 rings (SSSR count). The molecule has 1 heterocycles. The van der Waals surface area contributed by atoms with Gasteiger partial charge in [-0.25, -0.2) is 0 Å². The topological polar surface area (TPSA) is 80.3 Å². The Labute approximate surface area is 161 Å². The van der Waals surface area contributed by atoms with Crippen molar-refractivity contribution in [1.82, 2.24) is 4.90 Å². The van der Waals surface area contributed by atoms with E-state index in [0.29, 0.717) is 11.1 Å². The maximum atomic E-state index is 13.0. The number of hydrogen-bond donors (Lipinski definition) is 0. The molecule has 0 spiro atoms. The molecular formula is C22H16N2O4. The van der Waals surface area contributed by atoms with E-state index in [1.54, 1.807) is 24.3 Å². The van der Waals surface area contributed by atoms with E-state index in [9.17, 15) is 19.7 Å². The predicted molar refractivity (Wildman–Crippen MR) is 103 cm³/mol. The Morgan fingerprint density at radius 2 is 1.36 bits per heavy atom. The summed E-state index contributed by atoms with van der Waals surface area (Å²) < 4.78 is 0. The van der Waals surface area contributed by atoms with Gasteiger partial charge in [-0.3, -0.25) is 19.7 Å². The number of nitro groups is 1. The number of ketones is 1. The summed E-state index contributed by atoms with van der Waals surface area (Å²) in [5, 5.41) is 10.8. The van der Waals surface area contributed by atoms with Crippen LogP contribution in [-0.4, -0.2) is 27.6 Å². The van der Waals surface area contributed by atoms with Gasteiger partial charge in [0.2, 0.25) is 0 Å². The average molecular weight is 372 g/mol. The molecule has 2 atom stereocenters. The maximum absolute atomic E-state index is 13.0. The van der Waals surface area contributed by atoms with Gasteiger partial charge >= 0.3 is 0 Å². The van der Waals surface area contributed by atoms with E-state index in [0.717, 1.165) is 5.56 Å². The minimum absolute atomic E-state index is 0.0844. The minimum atomic E-state index is -0.590. The summed E-state index contributed by atoms with van der Waals surface area (Å²) in [5.41, 5.74) is 1.66. The monoisotopic (exact) mass is 372 g/mol. The van der Waals surface area contributed by atoms with Crippen molar-refractivity contribution in [2.24, 2.45) is 0 Å². The van der Waals surface area contributed by atoms with E-state index in [1.165, 1.54) is 29.2 Å². The molecule has 138 valence electrons. The Morgan fingerprint density at radius 3 is 1.93 bits per heavy atom. The van der Waals surface area contributed by atoms with Crippen LogP contribution in [0, 0.1) is 10.1 Å². The van der Waals surface area contributed by atoms with Crippen LogP contribution >= 0.6 is 0 Å². The number of hydrogen-bond acceptors (Lipinski definition) is 4. The summed E-state index contributed by atoms with van der Waals surface area (Å²) in [6.45, 7) is 0. The fourth-order valence-corrected chi connectivity index (χ4v) is 3.39. The summed E-state index contributed by atoms with van der Waals surface area (Å²) in [6.07, 6.45) is 0. The van der Waals surface area contributed by atoms with Gasteiger partial charge in [-0.15, -0.1) is 0 Å². The number of benzene rings is 3. The highest BCUT2D eigenvalue weighted by molar-refractivity contribution is 6.08. The molecule has 0 bridgehead atoms. The van der Waals surface area contributed by atoms with Gasteiger partial charge in [0, 0.05) is 23.3 Å². The molecule has 28 heavy (non-hydrogen) atoms. The zero-order valence-electron chi connectivity index (χ0n) is 14.8.